The van der Waals surface area contributed by atoms with Crippen molar-refractivity contribution in [2.75, 3.05) is 20.6 Å². The maximum absolute atomic E-state index is 14.2. The largest absolute Gasteiger partial charge is 0.508 e. The number of phenolic OH excluding ortho intramolecular Hbond substituents is 1. The molecule has 6 atom stereocenters. The zero-order valence-corrected chi connectivity index (χ0v) is 24.1. The molecule has 5 rings (SSSR count). The van der Waals surface area contributed by atoms with E-state index in [0.29, 0.717) is 24.2 Å². The van der Waals surface area contributed by atoms with Gasteiger partial charge in [-0.1, -0.05) is 56.3 Å². The fourth-order valence-electron chi connectivity index (χ4n) is 7.39. The molecule has 1 saturated carbocycles. The van der Waals surface area contributed by atoms with Crippen LogP contribution in [0.2, 0.25) is 0 Å². The van der Waals surface area contributed by atoms with Gasteiger partial charge in [-0.05, 0) is 50.0 Å². The van der Waals surface area contributed by atoms with Gasteiger partial charge in [-0.3, -0.25) is 19.3 Å². The molecule has 0 unspecified atom stereocenters. The van der Waals surface area contributed by atoms with Crippen molar-refractivity contribution in [3.05, 3.63) is 81.6 Å². The first-order chi connectivity index (χ1) is 19.8. The van der Waals surface area contributed by atoms with Gasteiger partial charge in [0, 0.05) is 29.5 Å². The van der Waals surface area contributed by atoms with E-state index in [4.69, 9.17) is 5.73 Å². The summed E-state index contributed by atoms with van der Waals surface area (Å²) >= 11 is 0. The molecular weight excluding hydrogens is 538 g/mol. The zero-order chi connectivity index (χ0) is 30.7. The van der Waals surface area contributed by atoms with Crippen molar-refractivity contribution in [2.24, 2.45) is 23.5 Å². The molecule has 0 bridgehead atoms. The topological polar surface area (TPSA) is 173 Å². The molecule has 2 aromatic rings. The Kier molecular flexibility index (Phi) is 7.51. The number of fused-ring (bicyclic) bond motifs is 3. The van der Waals surface area contributed by atoms with Crippen LogP contribution in [0.5, 0.6) is 5.75 Å². The van der Waals surface area contributed by atoms with E-state index in [1.807, 2.05) is 43.3 Å². The Balaban J connectivity index is 1.57. The van der Waals surface area contributed by atoms with Gasteiger partial charge >= 0.3 is 0 Å². The van der Waals surface area contributed by atoms with E-state index < -0.39 is 69.9 Å². The molecule has 1 amide bonds. The summed E-state index contributed by atoms with van der Waals surface area (Å²) in [6.45, 7) is 4.57. The Hall–Kier alpha value is -3.99. The number of Topliss-reactive ketones (excluding diaryl/α,β-unsaturated/α-hetero) is 2. The van der Waals surface area contributed by atoms with Crippen LogP contribution in [-0.4, -0.2) is 75.1 Å². The van der Waals surface area contributed by atoms with Crippen LogP contribution in [0.4, 0.5) is 0 Å². The van der Waals surface area contributed by atoms with Crippen molar-refractivity contribution in [1.82, 2.24) is 10.2 Å². The van der Waals surface area contributed by atoms with E-state index >= 15 is 0 Å². The number of likely N-dealkylation sites (N-methyl/N-ethyl adjacent to an activating group) is 1. The Morgan fingerprint density at radius 3 is 2.33 bits per heavy atom. The van der Waals surface area contributed by atoms with Gasteiger partial charge in [0.25, 0.3) is 5.91 Å². The molecule has 3 aliphatic carbocycles. The number of ketones is 2. The summed E-state index contributed by atoms with van der Waals surface area (Å²) in [6, 6.07) is 12.4. The van der Waals surface area contributed by atoms with Crippen LogP contribution in [-0.2, 0) is 27.3 Å². The molecule has 0 saturated heterocycles. The van der Waals surface area contributed by atoms with Gasteiger partial charge in [0.05, 0.1) is 11.6 Å². The van der Waals surface area contributed by atoms with Gasteiger partial charge in [0.2, 0.25) is 5.78 Å². The van der Waals surface area contributed by atoms with Crippen LogP contribution in [0, 0.1) is 17.8 Å². The van der Waals surface area contributed by atoms with E-state index in [-0.39, 0.29) is 16.9 Å². The minimum atomic E-state index is -2.68. The summed E-state index contributed by atoms with van der Waals surface area (Å²) in [5, 5.41) is 49.2. The lowest BCUT2D eigenvalue weighted by molar-refractivity contribution is -0.160. The lowest BCUT2D eigenvalue weighted by Gasteiger charge is -2.54. The average molecular weight is 576 g/mol. The summed E-state index contributed by atoms with van der Waals surface area (Å²) in [4.78, 5) is 41.3. The van der Waals surface area contributed by atoms with Crippen LogP contribution in [0.25, 0.3) is 5.76 Å². The van der Waals surface area contributed by atoms with Crippen LogP contribution in [0.3, 0.4) is 0 Å². The van der Waals surface area contributed by atoms with Gasteiger partial charge in [0.15, 0.2) is 11.4 Å². The van der Waals surface area contributed by atoms with Crippen LogP contribution in [0.15, 0.2) is 59.4 Å². The van der Waals surface area contributed by atoms with Crippen molar-refractivity contribution >= 4 is 23.2 Å². The number of hydrogen-bond donors (Lipinski definition) is 6. The number of nitrogens with one attached hydrogen (secondary N) is 1. The Labute approximate surface area is 244 Å². The second-order valence-corrected chi connectivity index (χ2v) is 11.9. The molecule has 3 aliphatic rings. The number of aliphatic hydroxyl groups is 3. The monoisotopic (exact) mass is 575 g/mol. The molecule has 222 valence electrons. The lowest BCUT2D eigenvalue weighted by atomic mass is 9.51. The molecule has 0 spiro atoms. The van der Waals surface area contributed by atoms with Gasteiger partial charge in [0.1, 0.15) is 22.8 Å². The number of phenols is 1. The molecule has 42 heavy (non-hydrogen) atoms. The number of rotatable bonds is 7. The number of primary amides is 1. The molecule has 1 fully saturated rings. The molecule has 0 heterocycles. The number of carbonyl (C=O) groups excluding carboxylic acids is 3. The van der Waals surface area contributed by atoms with E-state index in [0.717, 1.165) is 6.42 Å². The highest BCUT2D eigenvalue weighted by molar-refractivity contribution is 6.24. The van der Waals surface area contributed by atoms with E-state index in [1.54, 1.807) is 27.1 Å². The van der Waals surface area contributed by atoms with Crippen LogP contribution < -0.4 is 11.1 Å². The number of carbonyl (C=O) groups is 3. The zero-order valence-electron chi connectivity index (χ0n) is 24.1. The number of hydrogen-bond acceptors (Lipinski definition) is 9. The van der Waals surface area contributed by atoms with Crippen molar-refractivity contribution < 1.29 is 34.8 Å². The maximum atomic E-state index is 14.2. The number of nitrogens with zero attached hydrogens (tertiary/aromatic N) is 1. The smallest absolute Gasteiger partial charge is 0.255 e. The molecule has 10 heteroatoms. The summed E-state index contributed by atoms with van der Waals surface area (Å²) in [7, 11) is 3.16. The Morgan fingerprint density at radius 2 is 1.71 bits per heavy atom. The third kappa shape index (κ3) is 4.24. The highest BCUT2D eigenvalue weighted by Gasteiger charge is 2.67. The number of benzene rings is 2. The fourth-order valence-corrected chi connectivity index (χ4v) is 7.39. The highest BCUT2D eigenvalue weighted by Crippen LogP contribution is 2.58. The molecular formula is C32H37N3O7. The fraction of sp³-hybridized carbons (Fsp3) is 0.406. The molecule has 10 nitrogen and oxygen atoms in total. The first-order valence-corrected chi connectivity index (χ1v) is 14.1. The van der Waals surface area contributed by atoms with Gasteiger partial charge in [-0.25, -0.2) is 0 Å². The van der Waals surface area contributed by atoms with Gasteiger partial charge in [-0.2, -0.15) is 0 Å². The number of amides is 1. The van der Waals surface area contributed by atoms with E-state index in [9.17, 15) is 34.8 Å². The Bertz CT molecular complexity index is 1530. The summed E-state index contributed by atoms with van der Waals surface area (Å²) < 4.78 is 0. The standard InChI is InChI=1S/C32H37N3O7/c1-15-19-11-10-18(14-34-13-12-17-8-6-5-7-9-17)26(36)21(19)27(37)22-20(15)16(2)24-25(35(3)4)28(38)23(31(33)41)30(40)32(24,42)29(22)39/h5-11,15-16,20,24-25,34,36-37,40,42H,12-14H2,1-4H3,(H2,33,41)/t15-,16-,20-,24-,25-,32-/m0/s1. The first kappa shape index (κ1) is 29.5. The van der Waals surface area contributed by atoms with Gasteiger partial charge in [-0.15, -0.1) is 0 Å². The van der Waals surface area contributed by atoms with Crippen LogP contribution >= 0.6 is 0 Å². The van der Waals surface area contributed by atoms with Crippen molar-refractivity contribution in [3.8, 4) is 5.75 Å². The van der Waals surface area contributed by atoms with Gasteiger partial charge < -0.3 is 31.5 Å². The second-order valence-electron chi connectivity index (χ2n) is 11.9. The molecule has 0 aromatic heterocycles. The number of aliphatic hydroxyl groups excluding tert-OH is 2. The minimum absolute atomic E-state index is 0.0911. The molecule has 0 radical (unpaired) electrons. The number of nitrogens with two attached hydrogens (primary N) is 1. The van der Waals surface area contributed by atoms with E-state index in [2.05, 4.69) is 5.32 Å². The predicted molar refractivity (Wildman–Crippen MR) is 155 cm³/mol. The maximum Gasteiger partial charge on any atom is 0.255 e. The molecule has 7 N–H and O–H groups in total. The first-order valence-electron chi connectivity index (χ1n) is 14.1. The quantitative estimate of drug-likeness (QED) is 0.213. The summed E-state index contributed by atoms with van der Waals surface area (Å²) in [5.41, 5.74) is 4.14. The minimum Gasteiger partial charge on any atom is -0.508 e. The average Bonchev–Trinajstić information content (AvgIpc) is 2.94. The van der Waals surface area contributed by atoms with Crippen molar-refractivity contribution in [1.29, 1.82) is 0 Å². The number of aromatic hydroxyl groups is 1. The third-order valence-corrected chi connectivity index (χ3v) is 9.36. The normalized spacial score (nSPS) is 29.0. The SMILES string of the molecule is C[C@H]1[C@H]2C(=C(O)c3c(ccc(CNCCc4ccccc4)c3O)[C@@H]2C)C(=O)[C@]2(O)C(O)=C(C(N)=O)C(=O)[C@@H](N(C)C)[C@H]12. The summed E-state index contributed by atoms with van der Waals surface area (Å²) in [5.74, 6) is -7.65. The summed E-state index contributed by atoms with van der Waals surface area (Å²) in [6.07, 6.45) is 0.785. The molecule has 2 aromatic carbocycles. The van der Waals surface area contributed by atoms with Crippen LogP contribution in [0.1, 0.15) is 42.0 Å². The predicted octanol–water partition coefficient (Wildman–Crippen LogP) is 2.10. The third-order valence-electron chi connectivity index (χ3n) is 9.36. The Morgan fingerprint density at radius 1 is 1.05 bits per heavy atom. The lowest BCUT2D eigenvalue weighted by Crippen LogP contribution is -2.68. The second kappa shape index (κ2) is 10.7. The molecule has 0 aliphatic heterocycles. The van der Waals surface area contributed by atoms with Crippen molar-refractivity contribution in [2.45, 2.75) is 44.4 Å². The van der Waals surface area contributed by atoms with Crippen molar-refractivity contribution in [3.63, 3.8) is 0 Å². The highest BCUT2D eigenvalue weighted by atomic mass is 16.3. The van der Waals surface area contributed by atoms with E-state index in [1.165, 1.54) is 10.5 Å².